The van der Waals surface area contributed by atoms with Gasteiger partial charge < -0.3 is 4.90 Å². The van der Waals surface area contributed by atoms with Gasteiger partial charge in [-0.2, -0.15) is 13.2 Å². The maximum Gasteiger partial charge on any atom is 0.416 e. The average Bonchev–Trinajstić information content (AvgIpc) is 3.02. The second-order valence-corrected chi connectivity index (χ2v) is 10.9. The number of carbonyl (C=O) groups excluding carboxylic acids is 1. The van der Waals surface area contributed by atoms with E-state index in [2.05, 4.69) is 0 Å². The Hall–Kier alpha value is -2.00. The lowest BCUT2D eigenvalue weighted by molar-refractivity contribution is -0.137. The number of hydrogen-bond acceptors (Lipinski definition) is 4. The molecule has 3 rings (SSSR count). The molecule has 0 saturated carbocycles. The second-order valence-electron chi connectivity index (χ2n) is 7.24. The number of halogens is 3. The van der Waals surface area contributed by atoms with Crippen LogP contribution in [0.4, 0.5) is 13.2 Å². The molecule has 0 aliphatic carbocycles. The van der Waals surface area contributed by atoms with E-state index in [0.29, 0.717) is 16.0 Å². The molecule has 0 aromatic heterocycles. The molecular formula is C20H20F3NO3S2. The molecule has 29 heavy (non-hydrogen) atoms. The topological polar surface area (TPSA) is 54.5 Å². The highest BCUT2D eigenvalue weighted by Crippen LogP contribution is 2.35. The summed E-state index contributed by atoms with van der Waals surface area (Å²) in [5.74, 6) is -0.400. The summed E-state index contributed by atoms with van der Waals surface area (Å²) >= 11 is 1.43. The van der Waals surface area contributed by atoms with Crippen LogP contribution in [0.3, 0.4) is 0 Å². The number of rotatable bonds is 4. The molecule has 0 unspecified atom stereocenters. The van der Waals surface area contributed by atoms with Gasteiger partial charge in [-0.3, -0.25) is 4.79 Å². The molecule has 1 heterocycles. The molecule has 0 fully saturated rings. The Labute approximate surface area is 172 Å². The van der Waals surface area contributed by atoms with Gasteiger partial charge in [-0.05, 0) is 41.5 Å². The monoisotopic (exact) mass is 443 g/mol. The Morgan fingerprint density at radius 3 is 2.31 bits per heavy atom. The highest BCUT2D eigenvalue weighted by atomic mass is 32.2. The minimum absolute atomic E-state index is 0.0324. The molecule has 0 saturated heterocycles. The summed E-state index contributed by atoms with van der Waals surface area (Å²) < 4.78 is 62.8. The highest BCUT2D eigenvalue weighted by Gasteiger charge is 2.33. The molecule has 0 N–H and O–H groups in total. The maximum absolute atomic E-state index is 13.2. The van der Waals surface area contributed by atoms with E-state index < -0.39 is 27.5 Å². The minimum Gasteiger partial charge on any atom is -0.330 e. The van der Waals surface area contributed by atoms with Gasteiger partial charge in [0.25, 0.3) is 5.91 Å². The van der Waals surface area contributed by atoms with E-state index in [1.807, 2.05) is 13.8 Å². The first kappa shape index (κ1) is 21.7. The summed E-state index contributed by atoms with van der Waals surface area (Å²) in [7, 11) is -3.51. The van der Waals surface area contributed by atoms with E-state index in [9.17, 15) is 26.4 Å². The van der Waals surface area contributed by atoms with E-state index in [4.69, 9.17) is 0 Å². The number of hydrogen-bond donors (Lipinski definition) is 0. The van der Waals surface area contributed by atoms with Gasteiger partial charge >= 0.3 is 6.18 Å². The summed E-state index contributed by atoms with van der Waals surface area (Å²) in [5, 5.41) is 0.163. The molecule has 4 nitrogen and oxygen atoms in total. The van der Waals surface area contributed by atoms with Gasteiger partial charge in [0.15, 0.2) is 9.84 Å². The molecule has 1 aliphatic heterocycles. The van der Waals surface area contributed by atoms with Crippen molar-refractivity contribution in [3.8, 4) is 0 Å². The number of amides is 1. The van der Waals surface area contributed by atoms with Crippen LogP contribution in [0.2, 0.25) is 0 Å². The molecule has 0 spiro atoms. The average molecular weight is 444 g/mol. The molecule has 0 bridgehead atoms. The molecule has 1 aliphatic rings. The van der Waals surface area contributed by atoms with E-state index in [1.165, 1.54) is 34.9 Å². The van der Waals surface area contributed by atoms with Crippen LogP contribution < -0.4 is 0 Å². The largest absolute Gasteiger partial charge is 0.416 e. The fourth-order valence-corrected chi connectivity index (χ4v) is 4.72. The van der Waals surface area contributed by atoms with E-state index in [0.717, 1.165) is 18.4 Å². The third kappa shape index (κ3) is 4.78. The van der Waals surface area contributed by atoms with Crippen LogP contribution in [-0.4, -0.2) is 30.7 Å². The summed E-state index contributed by atoms with van der Waals surface area (Å²) in [4.78, 5) is 15.3. The van der Waals surface area contributed by atoms with Crippen molar-refractivity contribution in [2.45, 2.75) is 48.2 Å². The molecule has 156 valence electrons. The molecule has 2 aromatic rings. The highest BCUT2D eigenvalue weighted by molar-refractivity contribution is 8.00. The SMILES string of the molecule is CC(C)Sc1ccc(S(C)(=O)=O)cc1C(=O)N1Cc2ccc(C(F)(F)F)cc2C1. The van der Waals surface area contributed by atoms with Crippen molar-refractivity contribution >= 4 is 27.5 Å². The first-order valence-corrected chi connectivity index (χ1v) is 11.6. The third-order valence-corrected chi connectivity index (χ3v) is 6.71. The molecule has 0 atom stereocenters. The Morgan fingerprint density at radius 2 is 1.72 bits per heavy atom. The van der Waals surface area contributed by atoms with Crippen molar-refractivity contribution in [2.75, 3.05) is 6.26 Å². The van der Waals surface area contributed by atoms with Gasteiger partial charge in [-0.1, -0.05) is 19.9 Å². The quantitative estimate of drug-likeness (QED) is 0.639. The van der Waals surface area contributed by atoms with Crippen molar-refractivity contribution in [3.63, 3.8) is 0 Å². The predicted molar refractivity (Wildman–Crippen MR) is 106 cm³/mol. The lowest BCUT2D eigenvalue weighted by atomic mass is 10.1. The number of alkyl halides is 3. The molecular weight excluding hydrogens is 423 g/mol. The third-order valence-electron chi connectivity index (χ3n) is 4.52. The Morgan fingerprint density at radius 1 is 1.07 bits per heavy atom. The predicted octanol–water partition coefficient (Wildman–Crippen LogP) is 4.77. The summed E-state index contributed by atoms with van der Waals surface area (Å²) in [6, 6.07) is 7.90. The fourth-order valence-electron chi connectivity index (χ4n) is 3.15. The normalized spacial score (nSPS) is 14.4. The van der Waals surface area contributed by atoms with Crippen LogP contribution in [0, 0.1) is 0 Å². The zero-order chi connectivity index (χ0) is 21.6. The lowest BCUT2D eigenvalue weighted by Gasteiger charge is -2.19. The first-order chi connectivity index (χ1) is 13.4. The van der Waals surface area contributed by atoms with Gasteiger partial charge in [-0.15, -0.1) is 11.8 Å². The molecule has 1 amide bonds. The van der Waals surface area contributed by atoms with Crippen LogP contribution in [-0.2, 0) is 29.1 Å². The minimum atomic E-state index is -4.45. The van der Waals surface area contributed by atoms with Crippen molar-refractivity contribution in [2.24, 2.45) is 0 Å². The zero-order valence-corrected chi connectivity index (χ0v) is 17.7. The van der Waals surface area contributed by atoms with Crippen molar-refractivity contribution in [1.82, 2.24) is 4.90 Å². The van der Waals surface area contributed by atoms with Gasteiger partial charge in [0.2, 0.25) is 0 Å². The van der Waals surface area contributed by atoms with Gasteiger partial charge in [0.05, 0.1) is 16.0 Å². The summed E-state index contributed by atoms with van der Waals surface area (Å²) in [6.07, 6.45) is -3.38. The van der Waals surface area contributed by atoms with Crippen LogP contribution in [0.25, 0.3) is 0 Å². The molecule has 9 heteroatoms. The van der Waals surface area contributed by atoms with E-state index in [1.54, 1.807) is 6.07 Å². The second kappa shape index (κ2) is 7.68. The van der Waals surface area contributed by atoms with Crippen molar-refractivity contribution in [3.05, 3.63) is 58.7 Å². The number of fused-ring (bicyclic) bond motifs is 1. The van der Waals surface area contributed by atoms with Gasteiger partial charge in [0, 0.05) is 29.5 Å². The zero-order valence-electron chi connectivity index (χ0n) is 16.1. The number of sulfone groups is 1. The number of carbonyl (C=O) groups is 1. The van der Waals surface area contributed by atoms with Crippen LogP contribution in [0.15, 0.2) is 46.2 Å². The van der Waals surface area contributed by atoms with Crippen LogP contribution >= 0.6 is 11.8 Å². The van der Waals surface area contributed by atoms with Crippen LogP contribution in [0.5, 0.6) is 0 Å². The molecule has 0 radical (unpaired) electrons. The Bertz CT molecular complexity index is 1060. The number of benzene rings is 2. The Balaban J connectivity index is 1.95. The molecule has 2 aromatic carbocycles. The summed E-state index contributed by atoms with van der Waals surface area (Å²) in [5.41, 5.74) is 0.602. The standard InChI is InChI=1S/C20H20F3NO3S2/c1-12(2)28-18-7-6-16(29(3,26)27)9-17(18)19(25)24-10-13-4-5-15(20(21,22)23)8-14(13)11-24/h4-9,12H,10-11H2,1-3H3. The number of thioether (sulfide) groups is 1. The lowest BCUT2D eigenvalue weighted by Crippen LogP contribution is -2.26. The van der Waals surface area contributed by atoms with Crippen molar-refractivity contribution in [1.29, 1.82) is 0 Å². The smallest absolute Gasteiger partial charge is 0.330 e. The van der Waals surface area contributed by atoms with Gasteiger partial charge in [-0.25, -0.2) is 8.42 Å². The van der Waals surface area contributed by atoms with Crippen LogP contribution in [0.1, 0.15) is 40.9 Å². The fraction of sp³-hybridized carbons (Fsp3) is 0.350. The Kier molecular flexibility index (Phi) is 5.75. The maximum atomic E-state index is 13.2. The first-order valence-electron chi connectivity index (χ1n) is 8.85. The van der Waals surface area contributed by atoms with Gasteiger partial charge in [0.1, 0.15) is 0 Å². The summed E-state index contributed by atoms with van der Waals surface area (Å²) in [6.45, 7) is 4.13. The van der Waals surface area contributed by atoms with Crippen molar-refractivity contribution < 1.29 is 26.4 Å². The van der Waals surface area contributed by atoms with E-state index >= 15 is 0 Å². The number of nitrogens with zero attached hydrogens (tertiary/aromatic N) is 1. The van der Waals surface area contributed by atoms with E-state index in [-0.39, 0.29) is 28.8 Å².